The highest BCUT2D eigenvalue weighted by Gasteiger charge is 2.31. The molecule has 0 aromatic heterocycles. The van der Waals surface area contributed by atoms with Gasteiger partial charge in [-0.25, -0.2) is 4.79 Å². The van der Waals surface area contributed by atoms with Crippen LogP contribution in [0.5, 0.6) is 0 Å². The number of hydrogen-bond acceptors (Lipinski definition) is 5. The van der Waals surface area contributed by atoms with Gasteiger partial charge in [0.1, 0.15) is 5.54 Å². The summed E-state index contributed by atoms with van der Waals surface area (Å²) in [6.45, 7) is 7.34. The first-order chi connectivity index (χ1) is 8.35. The summed E-state index contributed by atoms with van der Waals surface area (Å²) < 4.78 is 4.91. The van der Waals surface area contributed by atoms with Crippen LogP contribution in [0, 0.1) is 0 Å². The van der Waals surface area contributed by atoms with Gasteiger partial charge in [0.2, 0.25) is 5.91 Å². The normalized spacial score (nSPS) is 18.9. The van der Waals surface area contributed by atoms with Gasteiger partial charge in [-0.3, -0.25) is 4.79 Å². The molecule has 0 aliphatic carbocycles. The van der Waals surface area contributed by atoms with Gasteiger partial charge in [-0.15, -0.1) is 11.8 Å². The highest BCUT2D eigenvalue weighted by Crippen LogP contribution is 2.21. The maximum absolute atomic E-state index is 11.8. The third-order valence-electron chi connectivity index (χ3n) is 2.39. The molecule has 6 heteroatoms. The van der Waals surface area contributed by atoms with E-state index in [-0.39, 0.29) is 12.3 Å². The van der Waals surface area contributed by atoms with Crippen LogP contribution in [0.4, 0.5) is 0 Å². The Morgan fingerprint density at radius 2 is 2.22 bits per heavy atom. The standard InChI is InChI=1S/C12H20N2O3S/c1-5-17-11(16)12(3,4)14-10(15)6-9-7-18-8(2)13-9/h7-8,13H,5-6H2,1-4H3,(H,14,15). The number of rotatable bonds is 5. The number of carbonyl (C=O) groups is 2. The molecule has 1 unspecified atom stereocenters. The number of ether oxygens (including phenoxy) is 1. The van der Waals surface area contributed by atoms with Crippen LogP contribution in [-0.2, 0) is 14.3 Å². The summed E-state index contributed by atoms with van der Waals surface area (Å²) in [5.74, 6) is -0.615. The highest BCUT2D eigenvalue weighted by molar-refractivity contribution is 8.02. The van der Waals surface area contributed by atoms with E-state index in [9.17, 15) is 9.59 Å². The molecule has 1 amide bonds. The van der Waals surface area contributed by atoms with Crippen LogP contribution >= 0.6 is 11.8 Å². The Hall–Kier alpha value is -1.17. The molecule has 0 aromatic carbocycles. The van der Waals surface area contributed by atoms with Crippen molar-refractivity contribution in [1.82, 2.24) is 10.6 Å². The van der Waals surface area contributed by atoms with Crippen molar-refractivity contribution in [3.05, 3.63) is 11.1 Å². The quantitative estimate of drug-likeness (QED) is 0.740. The van der Waals surface area contributed by atoms with Gasteiger partial charge in [0.05, 0.1) is 18.4 Å². The van der Waals surface area contributed by atoms with E-state index in [1.165, 1.54) is 0 Å². The van der Waals surface area contributed by atoms with Crippen LogP contribution in [0.2, 0.25) is 0 Å². The van der Waals surface area contributed by atoms with Crippen molar-refractivity contribution in [3.8, 4) is 0 Å². The average Bonchev–Trinajstić information content (AvgIpc) is 2.63. The minimum absolute atomic E-state index is 0.193. The summed E-state index contributed by atoms with van der Waals surface area (Å²) in [5.41, 5.74) is -0.116. The van der Waals surface area contributed by atoms with E-state index in [2.05, 4.69) is 10.6 Å². The van der Waals surface area contributed by atoms with Crippen molar-refractivity contribution in [2.24, 2.45) is 0 Å². The first-order valence-corrected chi connectivity index (χ1v) is 6.88. The Labute approximate surface area is 112 Å². The van der Waals surface area contributed by atoms with E-state index in [0.717, 1.165) is 5.70 Å². The second kappa shape index (κ2) is 6.13. The summed E-state index contributed by atoms with van der Waals surface area (Å²) in [7, 11) is 0. The van der Waals surface area contributed by atoms with Crippen LogP contribution < -0.4 is 10.6 Å². The topological polar surface area (TPSA) is 67.4 Å². The van der Waals surface area contributed by atoms with Crippen molar-refractivity contribution >= 4 is 23.6 Å². The van der Waals surface area contributed by atoms with Crippen molar-refractivity contribution in [2.75, 3.05) is 6.61 Å². The van der Waals surface area contributed by atoms with Gasteiger partial charge in [-0.1, -0.05) is 0 Å². The number of carbonyl (C=O) groups excluding carboxylic acids is 2. The lowest BCUT2D eigenvalue weighted by Gasteiger charge is -2.24. The maximum atomic E-state index is 11.8. The molecular formula is C12H20N2O3S. The lowest BCUT2D eigenvalue weighted by Crippen LogP contribution is -2.50. The Morgan fingerprint density at radius 3 is 2.72 bits per heavy atom. The average molecular weight is 272 g/mol. The molecule has 0 radical (unpaired) electrons. The van der Waals surface area contributed by atoms with Gasteiger partial charge >= 0.3 is 5.97 Å². The number of nitrogens with one attached hydrogen (secondary N) is 2. The Morgan fingerprint density at radius 1 is 1.56 bits per heavy atom. The van der Waals surface area contributed by atoms with Crippen molar-refractivity contribution < 1.29 is 14.3 Å². The lowest BCUT2D eigenvalue weighted by atomic mass is 10.1. The minimum Gasteiger partial charge on any atom is -0.464 e. The largest absolute Gasteiger partial charge is 0.464 e. The first kappa shape index (κ1) is 14.9. The summed E-state index contributed by atoms with van der Waals surface area (Å²) in [4.78, 5) is 23.4. The highest BCUT2D eigenvalue weighted by atomic mass is 32.2. The molecule has 0 saturated heterocycles. The molecule has 1 atom stereocenters. The lowest BCUT2D eigenvalue weighted by molar-refractivity contribution is -0.151. The van der Waals surface area contributed by atoms with Crippen LogP contribution in [0.3, 0.4) is 0 Å². The number of amides is 1. The van der Waals surface area contributed by atoms with Gasteiger partial charge in [0, 0.05) is 5.70 Å². The maximum Gasteiger partial charge on any atom is 0.331 e. The van der Waals surface area contributed by atoms with E-state index in [1.54, 1.807) is 32.5 Å². The van der Waals surface area contributed by atoms with Gasteiger partial charge in [-0.2, -0.15) is 0 Å². The molecule has 0 saturated carbocycles. The molecule has 0 aromatic rings. The van der Waals surface area contributed by atoms with E-state index in [4.69, 9.17) is 4.74 Å². The third kappa shape index (κ3) is 4.25. The Bertz CT molecular complexity index is 366. The predicted octanol–water partition coefficient (Wildman–Crippen LogP) is 1.36. The Kier molecular flexibility index (Phi) is 5.07. The zero-order valence-electron chi connectivity index (χ0n) is 11.2. The molecule has 102 valence electrons. The summed E-state index contributed by atoms with van der Waals surface area (Å²) in [6, 6.07) is 0. The SMILES string of the molecule is CCOC(=O)C(C)(C)NC(=O)CC1=CSC(C)N1. The number of hydrogen-bond donors (Lipinski definition) is 2. The fourth-order valence-electron chi connectivity index (χ4n) is 1.53. The fourth-order valence-corrected chi connectivity index (χ4v) is 2.27. The van der Waals surface area contributed by atoms with Crippen LogP contribution in [0.1, 0.15) is 34.1 Å². The molecule has 0 spiro atoms. The minimum atomic E-state index is -0.995. The molecule has 1 heterocycles. The molecule has 1 aliphatic rings. The van der Waals surface area contributed by atoms with E-state index in [1.807, 2.05) is 12.3 Å². The predicted molar refractivity (Wildman–Crippen MR) is 71.7 cm³/mol. The van der Waals surface area contributed by atoms with Gasteiger partial charge in [-0.05, 0) is 33.1 Å². The molecule has 1 rings (SSSR count). The zero-order valence-corrected chi connectivity index (χ0v) is 12.0. The van der Waals surface area contributed by atoms with Gasteiger partial charge < -0.3 is 15.4 Å². The van der Waals surface area contributed by atoms with E-state index in [0.29, 0.717) is 12.0 Å². The summed E-state index contributed by atoms with van der Waals surface area (Å²) in [5, 5.41) is 8.08. The molecule has 0 bridgehead atoms. The molecule has 0 fully saturated rings. The molecule has 18 heavy (non-hydrogen) atoms. The first-order valence-electron chi connectivity index (χ1n) is 5.94. The van der Waals surface area contributed by atoms with Crippen molar-refractivity contribution in [3.63, 3.8) is 0 Å². The van der Waals surface area contributed by atoms with Gasteiger partial charge in [0.15, 0.2) is 0 Å². The van der Waals surface area contributed by atoms with Crippen molar-refractivity contribution in [2.45, 2.75) is 45.0 Å². The third-order valence-corrected chi connectivity index (χ3v) is 3.34. The van der Waals surface area contributed by atoms with Crippen LogP contribution in [-0.4, -0.2) is 29.4 Å². The summed E-state index contributed by atoms with van der Waals surface area (Å²) >= 11 is 1.63. The summed E-state index contributed by atoms with van der Waals surface area (Å²) in [6.07, 6.45) is 0.250. The number of esters is 1. The van der Waals surface area contributed by atoms with Gasteiger partial charge in [0.25, 0.3) is 0 Å². The second-order valence-electron chi connectivity index (χ2n) is 4.64. The fraction of sp³-hybridized carbons (Fsp3) is 0.667. The monoisotopic (exact) mass is 272 g/mol. The molecule has 5 nitrogen and oxygen atoms in total. The molecule has 1 aliphatic heterocycles. The Balaban J connectivity index is 2.46. The van der Waals surface area contributed by atoms with Crippen LogP contribution in [0.25, 0.3) is 0 Å². The number of thioether (sulfide) groups is 1. The smallest absolute Gasteiger partial charge is 0.331 e. The van der Waals surface area contributed by atoms with Crippen molar-refractivity contribution in [1.29, 1.82) is 0 Å². The van der Waals surface area contributed by atoms with Crippen LogP contribution in [0.15, 0.2) is 11.1 Å². The van der Waals surface area contributed by atoms with E-state index < -0.39 is 11.5 Å². The molecule has 2 N–H and O–H groups in total. The zero-order chi connectivity index (χ0) is 13.8. The molecular weight excluding hydrogens is 252 g/mol. The van der Waals surface area contributed by atoms with E-state index >= 15 is 0 Å². The second-order valence-corrected chi connectivity index (χ2v) is 5.85.